The van der Waals surface area contributed by atoms with Crippen LogP contribution in [0.15, 0.2) is 48.5 Å². The SMILES string of the molecule is COc1ccccc1CN(CCCN1CCOCC1)C(=O)Nc1cccc(C(F)(F)F)c1. The molecule has 6 nitrogen and oxygen atoms in total. The third kappa shape index (κ3) is 6.86. The minimum absolute atomic E-state index is 0.100. The number of rotatable bonds is 8. The maximum absolute atomic E-state index is 13.0. The Labute approximate surface area is 185 Å². The molecule has 32 heavy (non-hydrogen) atoms. The summed E-state index contributed by atoms with van der Waals surface area (Å²) in [6.45, 7) is 4.62. The largest absolute Gasteiger partial charge is 0.496 e. The summed E-state index contributed by atoms with van der Waals surface area (Å²) >= 11 is 0. The highest BCUT2D eigenvalue weighted by Gasteiger charge is 2.30. The fourth-order valence-electron chi connectivity index (χ4n) is 3.58. The summed E-state index contributed by atoms with van der Waals surface area (Å²) < 4.78 is 49.8. The standard InChI is InChI=1S/C23H28F3N3O3/c1-31-21-9-3-2-6-18(21)17-29(11-5-10-28-12-14-32-15-13-28)22(30)27-20-8-4-7-19(16-20)23(24,25)26/h2-4,6-9,16H,5,10-15,17H2,1H3,(H,27,30). The number of nitrogens with one attached hydrogen (secondary N) is 1. The van der Waals surface area contributed by atoms with Gasteiger partial charge in [0, 0.05) is 37.4 Å². The van der Waals surface area contributed by atoms with Gasteiger partial charge in [0.15, 0.2) is 0 Å². The normalized spacial score (nSPS) is 14.8. The number of para-hydroxylation sites is 1. The topological polar surface area (TPSA) is 54.0 Å². The van der Waals surface area contributed by atoms with Crippen LogP contribution in [0.5, 0.6) is 5.75 Å². The van der Waals surface area contributed by atoms with Gasteiger partial charge in [-0.2, -0.15) is 13.2 Å². The number of amides is 2. The monoisotopic (exact) mass is 451 g/mol. The van der Waals surface area contributed by atoms with E-state index in [9.17, 15) is 18.0 Å². The van der Waals surface area contributed by atoms with Gasteiger partial charge in [-0.15, -0.1) is 0 Å². The van der Waals surface area contributed by atoms with E-state index in [1.54, 1.807) is 12.0 Å². The second-order valence-corrected chi connectivity index (χ2v) is 7.55. The van der Waals surface area contributed by atoms with E-state index in [4.69, 9.17) is 9.47 Å². The highest BCUT2D eigenvalue weighted by Crippen LogP contribution is 2.30. The molecule has 1 aliphatic rings. The second kappa shape index (κ2) is 11.2. The van der Waals surface area contributed by atoms with E-state index in [2.05, 4.69) is 10.2 Å². The number of ether oxygens (including phenoxy) is 2. The number of hydrogen-bond acceptors (Lipinski definition) is 4. The maximum atomic E-state index is 13.0. The summed E-state index contributed by atoms with van der Waals surface area (Å²) in [6, 6.07) is 11.6. The quantitative estimate of drug-likeness (QED) is 0.644. The van der Waals surface area contributed by atoms with Crippen molar-refractivity contribution in [1.29, 1.82) is 0 Å². The Bertz CT molecular complexity index is 886. The van der Waals surface area contributed by atoms with Crippen LogP contribution < -0.4 is 10.1 Å². The molecule has 1 saturated heterocycles. The number of hydrogen-bond donors (Lipinski definition) is 1. The van der Waals surface area contributed by atoms with Crippen LogP contribution in [-0.4, -0.2) is 62.3 Å². The van der Waals surface area contributed by atoms with Crippen molar-refractivity contribution in [2.24, 2.45) is 0 Å². The maximum Gasteiger partial charge on any atom is 0.416 e. The second-order valence-electron chi connectivity index (χ2n) is 7.55. The zero-order chi connectivity index (χ0) is 23.0. The lowest BCUT2D eigenvalue weighted by molar-refractivity contribution is -0.137. The van der Waals surface area contributed by atoms with Gasteiger partial charge in [0.05, 0.1) is 32.4 Å². The van der Waals surface area contributed by atoms with Gasteiger partial charge in [0.25, 0.3) is 0 Å². The first-order valence-electron chi connectivity index (χ1n) is 10.5. The van der Waals surface area contributed by atoms with Crippen molar-refractivity contribution < 1.29 is 27.4 Å². The predicted molar refractivity (Wildman–Crippen MR) is 116 cm³/mol. The molecule has 0 atom stereocenters. The van der Waals surface area contributed by atoms with Crippen molar-refractivity contribution in [3.05, 3.63) is 59.7 Å². The number of urea groups is 1. The average molecular weight is 451 g/mol. The van der Waals surface area contributed by atoms with Crippen molar-refractivity contribution in [3.8, 4) is 5.75 Å². The molecule has 0 bridgehead atoms. The number of anilines is 1. The Kier molecular flexibility index (Phi) is 8.35. The number of alkyl halides is 3. The number of carbonyl (C=O) groups is 1. The number of halogens is 3. The van der Waals surface area contributed by atoms with E-state index in [1.165, 1.54) is 12.1 Å². The molecule has 1 fully saturated rings. The Morgan fingerprint density at radius 2 is 1.91 bits per heavy atom. The van der Waals surface area contributed by atoms with E-state index >= 15 is 0 Å². The molecular weight excluding hydrogens is 423 g/mol. The fraction of sp³-hybridized carbons (Fsp3) is 0.435. The van der Waals surface area contributed by atoms with E-state index in [-0.39, 0.29) is 12.2 Å². The minimum Gasteiger partial charge on any atom is -0.496 e. The zero-order valence-electron chi connectivity index (χ0n) is 18.0. The number of morpholine rings is 1. The van der Waals surface area contributed by atoms with Crippen molar-refractivity contribution >= 4 is 11.7 Å². The molecule has 0 saturated carbocycles. The van der Waals surface area contributed by atoms with Crippen molar-refractivity contribution in [3.63, 3.8) is 0 Å². The summed E-state index contributed by atoms with van der Waals surface area (Å²) in [6.07, 6.45) is -3.75. The van der Waals surface area contributed by atoms with Gasteiger partial charge in [-0.25, -0.2) is 4.79 Å². The number of carbonyl (C=O) groups excluding carboxylic acids is 1. The summed E-state index contributed by atoms with van der Waals surface area (Å²) in [4.78, 5) is 16.9. The number of nitrogens with zero attached hydrogens (tertiary/aromatic N) is 2. The Morgan fingerprint density at radius 1 is 1.16 bits per heavy atom. The lowest BCUT2D eigenvalue weighted by atomic mass is 10.1. The molecule has 0 unspecified atom stereocenters. The van der Waals surface area contributed by atoms with E-state index in [1.807, 2.05) is 24.3 Å². The first-order chi connectivity index (χ1) is 15.4. The van der Waals surface area contributed by atoms with Crippen LogP contribution in [0.25, 0.3) is 0 Å². The van der Waals surface area contributed by atoms with Gasteiger partial charge in [0.1, 0.15) is 5.75 Å². The molecule has 0 aromatic heterocycles. The number of benzene rings is 2. The molecule has 2 aromatic carbocycles. The summed E-state index contributed by atoms with van der Waals surface area (Å²) in [7, 11) is 1.56. The van der Waals surface area contributed by atoms with Crippen LogP contribution in [0.4, 0.5) is 23.7 Å². The molecule has 1 heterocycles. The predicted octanol–water partition coefficient (Wildman–Crippen LogP) is 4.47. The molecule has 1 N–H and O–H groups in total. The van der Waals surface area contributed by atoms with Gasteiger partial charge in [-0.1, -0.05) is 24.3 Å². The molecule has 9 heteroatoms. The van der Waals surface area contributed by atoms with Crippen LogP contribution in [0.2, 0.25) is 0 Å². The summed E-state index contributed by atoms with van der Waals surface area (Å²) in [5, 5.41) is 2.61. The van der Waals surface area contributed by atoms with Gasteiger partial charge < -0.3 is 19.7 Å². The summed E-state index contributed by atoms with van der Waals surface area (Å²) in [5.41, 5.74) is 0.113. The third-order valence-corrected chi connectivity index (χ3v) is 5.29. The lowest BCUT2D eigenvalue weighted by Gasteiger charge is -2.29. The number of methoxy groups -OCH3 is 1. The zero-order valence-corrected chi connectivity index (χ0v) is 18.0. The van der Waals surface area contributed by atoms with Crippen molar-refractivity contribution in [2.45, 2.75) is 19.1 Å². The fourth-order valence-corrected chi connectivity index (χ4v) is 3.58. The smallest absolute Gasteiger partial charge is 0.416 e. The van der Waals surface area contributed by atoms with E-state index in [0.717, 1.165) is 43.8 Å². The first-order valence-corrected chi connectivity index (χ1v) is 10.5. The molecule has 2 aromatic rings. The van der Waals surface area contributed by atoms with Crippen LogP contribution >= 0.6 is 0 Å². The molecular formula is C23H28F3N3O3. The molecule has 0 aliphatic carbocycles. The molecule has 3 rings (SSSR count). The van der Waals surface area contributed by atoms with Crippen LogP contribution in [-0.2, 0) is 17.5 Å². The Morgan fingerprint density at radius 3 is 2.62 bits per heavy atom. The third-order valence-electron chi connectivity index (χ3n) is 5.29. The molecule has 0 spiro atoms. The van der Waals surface area contributed by atoms with Crippen LogP contribution in [0, 0.1) is 0 Å². The first kappa shape index (κ1) is 23.9. The highest BCUT2D eigenvalue weighted by atomic mass is 19.4. The van der Waals surface area contributed by atoms with Gasteiger partial charge >= 0.3 is 12.2 Å². The van der Waals surface area contributed by atoms with Gasteiger partial charge in [0.2, 0.25) is 0 Å². The lowest BCUT2D eigenvalue weighted by Crippen LogP contribution is -2.40. The molecule has 174 valence electrons. The van der Waals surface area contributed by atoms with Gasteiger partial charge in [-0.3, -0.25) is 4.90 Å². The summed E-state index contributed by atoms with van der Waals surface area (Å²) in [5.74, 6) is 0.651. The van der Waals surface area contributed by atoms with Crippen molar-refractivity contribution in [1.82, 2.24) is 9.80 Å². The van der Waals surface area contributed by atoms with Crippen LogP contribution in [0.3, 0.4) is 0 Å². The van der Waals surface area contributed by atoms with Gasteiger partial charge in [-0.05, 0) is 30.7 Å². The highest BCUT2D eigenvalue weighted by molar-refractivity contribution is 5.89. The van der Waals surface area contributed by atoms with Crippen molar-refractivity contribution in [2.75, 3.05) is 51.8 Å². The average Bonchev–Trinajstić information content (AvgIpc) is 2.79. The molecule has 0 radical (unpaired) electrons. The minimum atomic E-state index is -4.48. The van der Waals surface area contributed by atoms with E-state index < -0.39 is 17.8 Å². The molecule has 2 amide bonds. The molecule has 1 aliphatic heterocycles. The van der Waals surface area contributed by atoms with E-state index in [0.29, 0.717) is 25.5 Å². The Hall–Kier alpha value is -2.78. The Balaban J connectivity index is 1.70. The van der Waals surface area contributed by atoms with Crippen LogP contribution in [0.1, 0.15) is 17.5 Å².